The van der Waals surface area contributed by atoms with Crippen LogP contribution in [0.3, 0.4) is 0 Å². The predicted molar refractivity (Wildman–Crippen MR) is 96.3 cm³/mol. The molecule has 0 N–H and O–H groups in total. The van der Waals surface area contributed by atoms with Crippen molar-refractivity contribution in [1.29, 1.82) is 0 Å². The second kappa shape index (κ2) is 9.86. The first-order valence-electron chi connectivity index (χ1n) is 9.05. The Morgan fingerprint density at radius 2 is 1.52 bits per heavy atom. The third-order valence-electron chi connectivity index (χ3n) is 4.04. The molecule has 2 nitrogen and oxygen atoms in total. The monoisotopic (exact) mass is 312 g/mol. The van der Waals surface area contributed by atoms with Crippen LogP contribution in [0.2, 0.25) is 0 Å². The van der Waals surface area contributed by atoms with E-state index in [-0.39, 0.29) is 10.4 Å². The van der Waals surface area contributed by atoms with E-state index in [4.69, 9.17) is 5.11 Å². The van der Waals surface area contributed by atoms with Gasteiger partial charge in [-0.2, -0.15) is 10.2 Å². The van der Waals surface area contributed by atoms with E-state index in [0.29, 0.717) is 0 Å². The van der Waals surface area contributed by atoms with E-state index >= 15 is 0 Å². The SMILES string of the molecule is CCCCCCCCSC1(/N=N/C(C)(C)C)CCCCC1. The molecule has 0 aromatic rings. The second-order valence-electron chi connectivity index (χ2n) is 7.49. The number of rotatable bonds is 9. The van der Waals surface area contributed by atoms with Crippen LogP contribution in [-0.4, -0.2) is 16.2 Å². The number of nitrogens with zero attached hydrogens (tertiary/aromatic N) is 2. The first-order valence-corrected chi connectivity index (χ1v) is 10.0. The number of hydrogen-bond donors (Lipinski definition) is 0. The highest BCUT2D eigenvalue weighted by atomic mass is 32.2. The van der Waals surface area contributed by atoms with E-state index in [2.05, 4.69) is 44.6 Å². The summed E-state index contributed by atoms with van der Waals surface area (Å²) in [6, 6.07) is 0. The predicted octanol–water partition coefficient (Wildman–Crippen LogP) is 6.99. The van der Waals surface area contributed by atoms with Gasteiger partial charge in [-0.1, -0.05) is 58.3 Å². The van der Waals surface area contributed by atoms with Crippen molar-refractivity contribution >= 4 is 11.8 Å². The lowest BCUT2D eigenvalue weighted by Gasteiger charge is -2.32. The largest absolute Gasteiger partial charge is 0.187 e. The Labute approximate surface area is 137 Å². The summed E-state index contributed by atoms with van der Waals surface area (Å²) in [5.74, 6) is 1.26. The summed E-state index contributed by atoms with van der Waals surface area (Å²) in [4.78, 5) is 0.106. The fraction of sp³-hybridized carbons (Fsp3) is 1.00. The molecule has 0 aromatic carbocycles. The lowest BCUT2D eigenvalue weighted by atomic mass is 9.95. The number of hydrogen-bond acceptors (Lipinski definition) is 3. The Morgan fingerprint density at radius 1 is 0.905 bits per heavy atom. The minimum Gasteiger partial charge on any atom is -0.187 e. The quantitative estimate of drug-likeness (QED) is 0.332. The molecule has 0 unspecified atom stereocenters. The molecule has 1 rings (SSSR count). The highest BCUT2D eigenvalue weighted by Gasteiger charge is 2.32. The van der Waals surface area contributed by atoms with Crippen molar-refractivity contribution in [3.05, 3.63) is 0 Å². The molecule has 0 aliphatic heterocycles. The summed E-state index contributed by atoms with van der Waals surface area (Å²) in [6.07, 6.45) is 14.8. The molecule has 1 fully saturated rings. The van der Waals surface area contributed by atoms with Crippen molar-refractivity contribution < 1.29 is 0 Å². The first-order chi connectivity index (χ1) is 9.97. The van der Waals surface area contributed by atoms with Crippen LogP contribution in [-0.2, 0) is 0 Å². The van der Waals surface area contributed by atoms with Crippen molar-refractivity contribution in [3.63, 3.8) is 0 Å². The Morgan fingerprint density at radius 3 is 2.14 bits per heavy atom. The van der Waals surface area contributed by atoms with Gasteiger partial charge in [0.2, 0.25) is 0 Å². The van der Waals surface area contributed by atoms with Gasteiger partial charge in [-0.05, 0) is 45.8 Å². The van der Waals surface area contributed by atoms with E-state index in [0.717, 1.165) is 0 Å². The molecule has 1 aliphatic carbocycles. The van der Waals surface area contributed by atoms with Crippen molar-refractivity contribution in [1.82, 2.24) is 0 Å². The molecule has 124 valence electrons. The van der Waals surface area contributed by atoms with Gasteiger partial charge in [0.25, 0.3) is 0 Å². The molecule has 1 saturated carbocycles. The molecule has 0 saturated heterocycles. The zero-order chi connectivity index (χ0) is 15.6. The lowest BCUT2D eigenvalue weighted by molar-refractivity contribution is 0.377. The molecule has 0 amide bonds. The average Bonchev–Trinajstić information content (AvgIpc) is 2.45. The smallest absolute Gasteiger partial charge is 0.127 e. The highest BCUT2D eigenvalue weighted by Crippen LogP contribution is 2.42. The van der Waals surface area contributed by atoms with Crippen LogP contribution in [0.4, 0.5) is 0 Å². The van der Waals surface area contributed by atoms with Crippen LogP contribution in [0.1, 0.15) is 98.3 Å². The van der Waals surface area contributed by atoms with Crippen LogP contribution in [0.5, 0.6) is 0 Å². The lowest BCUT2D eigenvalue weighted by Crippen LogP contribution is -2.26. The summed E-state index contributed by atoms with van der Waals surface area (Å²) in [6.45, 7) is 8.71. The number of unbranched alkanes of at least 4 members (excludes halogenated alkanes) is 5. The third-order valence-corrected chi connectivity index (χ3v) is 5.56. The molecule has 0 aromatic heterocycles. The molecule has 0 bridgehead atoms. The third kappa shape index (κ3) is 8.85. The summed E-state index contributed by atoms with van der Waals surface area (Å²) in [5.41, 5.74) is -0.0365. The van der Waals surface area contributed by atoms with Crippen LogP contribution < -0.4 is 0 Å². The van der Waals surface area contributed by atoms with Crippen molar-refractivity contribution in [2.75, 3.05) is 5.75 Å². The number of thioether (sulfide) groups is 1. The molecule has 0 spiro atoms. The summed E-state index contributed by atoms with van der Waals surface area (Å²) < 4.78 is 0. The normalized spacial score (nSPS) is 19.2. The van der Waals surface area contributed by atoms with E-state index in [1.54, 1.807) is 0 Å². The maximum atomic E-state index is 4.82. The van der Waals surface area contributed by atoms with Crippen LogP contribution in [0.15, 0.2) is 10.2 Å². The van der Waals surface area contributed by atoms with Gasteiger partial charge >= 0.3 is 0 Å². The van der Waals surface area contributed by atoms with Crippen molar-refractivity contribution in [2.45, 2.75) is 109 Å². The topological polar surface area (TPSA) is 24.7 Å². The van der Waals surface area contributed by atoms with E-state index in [1.165, 1.54) is 76.4 Å². The van der Waals surface area contributed by atoms with Crippen molar-refractivity contribution in [2.24, 2.45) is 10.2 Å². The molecule has 1 aliphatic rings. The van der Waals surface area contributed by atoms with Gasteiger partial charge in [0.15, 0.2) is 0 Å². The maximum absolute atomic E-state index is 4.82. The van der Waals surface area contributed by atoms with Crippen LogP contribution >= 0.6 is 11.8 Å². The van der Waals surface area contributed by atoms with Gasteiger partial charge in [0.1, 0.15) is 4.87 Å². The molecule has 0 radical (unpaired) electrons. The fourth-order valence-corrected chi connectivity index (χ4v) is 4.17. The Balaban J connectivity index is 2.35. The first kappa shape index (κ1) is 19.0. The zero-order valence-electron chi connectivity index (χ0n) is 14.8. The van der Waals surface area contributed by atoms with Crippen LogP contribution in [0.25, 0.3) is 0 Å². The fourth-order valence-electron chi connectivity index (χ4n) is 2.76. The molecular weight excluding hydrogens is 276 g/mol. The molecular formula is C18H36N2S. The Hall–Kier alpha value is -0.0500. The van der Waals surface area contributed by atoms with E-state index < -0.39 is 0 Å². The summed E-state index contributed by atoms with van der Waals surface area (Å²) in [5, 5.41) is 9.42. The zero-order valence-corrected chi connectivity index (χ0v) is 15.6. The van der Waals surface area contributed by atoms with Gasteiger partial charge in [-0.3, -0.25) is 0 Å². The molecule has 0 atom stereocenters. The molecule has 0 heterocycles. The van der Waals surface area contributed by atoms with Gasteiger partial charge in [-0.15, -0.1) is 11.8 Å². The Kier molecular flexibility index (Phi) is 8.92. The average molecular weight is 313 g/mol. The highest BCUT2D eigenvalue weighted by molar-refractivity contribution is 8.00. The van der Waals surface area contributed by atoms with E-state index in [1.807, 2.05) is 0 Å². The minimum atomic E-state index is -0.0365. The van der Waals surface area contributed by atoms with Gasteiger partial charge in [0.05, 0.1) is 5.54 Å². The van der Waals surface area contributed by atoms with Gasteiger partial charge < -0.3 is 0 Å². The summed E-state index contributed by atoms with van der Waals surface area (Å²) >= 11 is 2.09. The maximum Gasteiger partial charge on any atom is 0.127 e. The molecule has 3 heteroatoms. The Bertz CT molecular complexity index is 288. The van der Waals surface area contributed by atoms with Gasteiger partial charge in [0, 0.05) is 0 Å². The number of azo groups is 1. The second-order valence-corrected chi connectivity index (χ2v) is 8.95. The standard InChI is InChI=1S/C18H36N2S/c1-5-6-7-8-9-13-16-21-18(14-11-10-12-15-18)20-19-17(2,3)4/h5-16H2,1-4H3/b20-19+. The van der Waals surface area contributed by atoms with Gasteiger partial charge in [-0.25, -0.2) is 0 Å². The van der Waals surface area contributed by atoms with Crippen molar-refractivity contribution in [3.8, 4) is 0 Å². The minimum absolute atomic E-state index is 0.0365. The van der Waals surface area contributed by atoms with E-state index in [9.17, 15) is 0 Å². The van der Waals surface area contributed by atoms with Crippen LogP contribution in [0, 0.1) is 0 Å². The summed E-state index contributed by atoms with van der Waals surface area (Å²) in [7, 11) is 0. The molecule has 21 heavy (non-hydrogen) atoms.